The van der Waals surface area contributed by atoms with E-state index in [1.165, 1.54) is 0 Å². The molecule has 0 unspecified atom stereocenters. The van der Waals surface area contributed by atoms with E-state index in [4.69, 9.17) is 0 Å². The number of nitriles is 2. The predicted molar refractivity (Wildman–Crippen MR) is 82.7 cm³/mol. The molecule has 1 aromatic rings. The zero-order valence-corrected chi connectivity index (χ0v) is 12.7. The smallest absolute Gasteiger partial charge is 0.105 e. The Morgan fingerprint density at radius 1 is 1.29 bits per heavy atom. The molecule has 0 fully saturated rings. The Kier molecular flexibility index (Phi) is 3.87. The predicted octanol–water partition coefficient (Wildman–Crippen LogP) is 3.95. The minimum Gasteiger partial charge on any atom is -0.350 e. The summed E-state index contributed by atoms with van der Waals surface area (Å²) < 4.78 is 0. The van der Waals surface area contributed by atoms with Gasteiger partial charge in [-0.25, -0.2) is 0 Å². The maximum absolute atomic E-state index is 9.77. The first kappa shape index (κ1) is 14.9. The van der Waals surface area contributed by atoms with E-state index >= 15 is 0 Å². The van der Waals surface area contributed by atoms with Crippen molar-refractivity contribution < 1.29 is 0 Å². The van der Waals surface area contributed by atoms with E-state index < -0.39 is 5.41 Å². The number of rotatable bonds is 2. The zero-order chi connectivity index (χ0) is 15.6. The molecule has 0 saturated heterocycles. The maximum atomic E-state index is 9.77. The van der Waals surface area contributed by atoms with Crippen LogP contribution in [0.1, 0.15) is 31.7 Å². The van der Waals surface area contributed by atoms with Crippen molar-refractivity contribution in [2.75, 3.05) is 7.05 Å². The molecule has 106 valence electrons. The van der Waals surface area contributed by atoms with Crippen LogP contribution >= 0.6 is 0 Å². The van der Waals surface area contributed by atoms with Crippen molar-refractivity contribution in [3.63, 3.8) is 0 Å². The van der Waals surface area contributed by atoms with Crippen LogP contribution in [-0.2, 0) is 0 Å². The average Bonchev–Trinajstić information content (AvgIpc) is 2.53. The van der Waals surface area contributed by atoms with Gasteiger partial charge in [-0.3, -0.25) is 0 Å². The Labute approximate surface area is 126 Å². The Morgan fingerprint density at radius 3 is 2.38 bits per heavy atom. The molecule has 0 amide bonds. The van der Waals surface area contributed by atoms with E-state index in [0.717, 1.165) is 23.4 Å². The van der Waals surface area contributed by atoms with E-state index in [1.807, 2.05) is 56.1 Å². The first-order valence-corrected chi connectivity index (χ1v) is 7.03. The minimum atomic E-state index is -0.820. The van der Waals surface area contributed by atoms with E-state index in [0.29, 0.717) is 5.57 Å². The van der Waals surface area contributed by atoms with Crippen LogP contribution < -0.4 is 0 Å². The van der Waals surface area contributed by atoms with Crippen LogP contribution in [0.4, 0.5) is 0 Å². The Balaban J connectivity index is 2.78. The van der Waals surface area contributed by atoms with Crippen LogP contribution in [0.15, 0.2) is 53.9 Å². The van der Waals surface area contributed by atoms with Crippen LogP contribution in [0.3, 0.4) is 0 Å². The number of allylic oxidation sites excluding steroid dienone is 3. The summed E-state index contributed by atoms with van der Waals surface area (Å²) in [5.74, 6) is -0.271. The van der Waals surface area contributed by atoms with Crippen molar-refractivity contribution in [2.45, 2.75) is 26.2 Å². The monoisotopic (exact) mass is 277 g/mol. The fourth-order valence-corrected chi connectivity index (χ4v) is 3.15. The molecule has 0 radical (unpaired) electrons. The normalized spacial score (nSPS) is 25.5. The third-order valence-corrected chi connectivity index (χ3v) is 4.41. The van der Waals surface area contributed by atoms with Crippen LogP contribution in [0, 0.1) is 28.1 Å². The molecule has 0 N–H and O–H groups in total. The summed E-state index contributed by atoms with van der Waals surface area (Å²) in [6, 6.07) is 14.5. The average molecular weight is 277 g/mol. The highest BCUT2D eigenvalue weighted by atomic mass is 15.1. The van der Waals surface area contributed by atoms with Gasteiger partial charge in [-0.15, -0.1) is 0 Å². The van der Waals surface area contributed by atoms with Gasteiger partial charge in [0.15, 0.2) is 0 Å². The lowest BCUT2D eigenvalue weighted by Gasteiger charge is -2.44. The zero-order valence-electron chi connectivity index (χ0n) is 12.7. The van der Waals surface area contributed by atoms with E-state index in [2.05, 4.69) is 18.7 Å². The second kappa shape index (κ2) is 5.46. The van der Waals surface area contributed by atoms with E-state index in [9.17, 15) is 10.5 Å². The fraction of sp³-hybridized carbons (Fsp3) is 0.333. The molecule has 2 rings (SSSR count). The first-order valence-electron chi connectivity index (χ1n) is 7.03. The standard InChI is InChI=1S/C18H19N3/c1-5-16-15(11-19)17(14-9-7-6-8-10-14)18(3,12-20)13(2)21(16)4/h6-10,17H,2,5H2,1,3-4H3/t17-,18+/m1/s1. The van der Waals surface area contributed by atoms with E-state index in [1.54, 1.807) is 0 Å². The van der Waals surface area contributed by atoms with Crippen molar-refractivity contribution in [3.05, 3.63) is 59.4 Å². The summed E-state index contributed by atoms with van der Waals surface area (Å²) in [4.78, 5) is 1.90. The molecule has 0 saturated carbocycles. The van der Waals surface area contributed by atoms with Gasteiger partial charge in [-0.1, -0.05) is 43.8 Å². The Morgan fingerprint density at radius 2 is 1.90 bits per heavy atom. The Hall–Kier alpha value is -2.52. The molecule has 21 heavy (non-hydrogen) atoms. The SMILES string of the molecule is C=C1N(C)C(CC)=C(C#N)[C@@H](c2ccccc2)[C@@]1(C)C#N. The maximum Gasteiger partial charge on any atom is 0.105 e. The van der Waals surface area contributed by atoms with Gasteiger partial charge in [-0.2, -0.15) is 10.5 Å². The molecule has 0 aliphatic carbocycles. The molecule has 3 heteroatoms. The highest BCUT2D eigenvalue weighted by molar-refractivity contribution is 5.50. The molecule has 1 aromatic carbocycles. The summed E-state index contributed by atoms with van der Waals surface area (Å²) >= 11 is 0. The summed E-state index contributed by atoms with van der Waals surface area (Å²) in [5, 5.41) is 19.5. The quantitative estimate of drug-likeness (QED) is 0.822. The van der Waals surface area contributed by atoms with Crippen LogP contribution in [0.25, 0.3) is 0 Å². The fourth-order valence-electron chi connectivity index (χ4n) is 3.15. The van der Waals surface area contributed by atoms with Crippen molar-refractivity contribution in [1.29, 1.82) is 10.5 Å². The summed E-state index contributed by atoms with van der Waals surface area (Å²) in [6.45, 7) is 8.01. The van der Waals surface area contributed by atoms with Crippen LogP contribution in [0.5, 0.6) is 0 Å². The highest BCUT2D eigenvalue weighted by Gasteiger charge is 2.47. The van der Waals surface area contributed by atoms with Gasteiger partial charge in [0, 0.05) is 24.4 Å². The molecule has 1 heterocycles. The minimum absolute atomic E-state index is 0.271. The third kappa shape index (κ3) is 2.12. The van der Waals surface area contributed by atoms with Gasteiger partial charge in [0.1, 0.15) is 5.41 Å². The molecule has 0 aromatic heterocycles. The first-order chi connectivity index (χ1) is 10.0. The number of hydrogen-bond acceptors (Lipinski definition) is 3. The van der Waals surface area contributed by atoms with Gasteiger partial charge in [0.25, 0.3) is 0 Å². The number of benzene rings is 1. The third-order valence-electron chi connectivity index (χ3n) is 4.41. The topological polar surface area (TPSA) is 50.8 Å². The second-order valence-corrected chi connectivity index (χ2v) is 5.49. The van der Waals surface area contributed by atoms with Crippen molar-refractivity contribution in [2.24, 2.45) is 5.41 Å². The molecule has 1 aliphatic heterocycles. The Bertz CT molecular complexity index is 673. The van der Waals surface area contributed by atoms with Crippen molar-refractivity contribution in [3.8, 4) is 12.1 Å². The van der Waals surface area contributed by atoms with Gasteiger partial charge in [0.2, 0.25) is 0 Å². The molecular formula is C18H19N3. The number of hydrogen-bond donors (Lipinski definition) is 0. The lowest BCUT2D eigenvalue weighted by Crippen LogP contribution is -2.40. The summed E-state index contributed by atoms with van der Waals surface area (Å²) in [5.41, 5.74) is 2.53. The highest BCUT2D eigenvalue weighted by Crippen LogP contribution is 2.51. The van der Waals surface area contributed by atoms with Gasteiger partial charge < -0.3 is 4.90 Å². The van der Waals surface area contributed by atoms with Crippen LogP contribution in [-0.4, -0.2) is 11.9 Å². The van der Waals surface area contributed by atoms with E-state index in [-0.39, 0.29) is 5.92 Å². The summed E-state index contributed by atoms with van der Waals surface area (Å²) in [6.07, 6.45) is 0.739. The number of nitrogens with zero attached hydrogens (tertiary/aromatic N) is 3. The van der Waals surface area contributed by atoms with Gasteiger partial charge in [-0.05, 0) is 18.9 Å². The summed E-state index contributed by atoms with van der Waals surface area (Å²) in [7, 11) is 1.88. The second-order valence-electron chi connectivity index (χ2n) is 5.49. The lowest BCUT2D eigenvalue weighted by atomic mass is 9.66. The molecule has 2 atom stereocenters. The lowest BCUT2D eigenvalue weighted by molar-refractivity contribution is 0.306. The van der Waals surface area contributed by atoms with Gasteiger partial charge >= 0.3 is 0 Å². The van der Waals surface area contributed by atoms with Crippen molar-refractivity contribution in [1.82, 2.24) is 4.90 Å². The molecule has 0 spiro atoms. The molecule has 3 nitrogen and oxygen atoms in total. The van der Waals surface area contributed by atoms with Gasteiger partial charge in [0.05, 0.1) is 17.7 Å². The largest absolute Gasteiger partial charge is 0.350 e. The molecular weight excluding hydrogens is 258 g/mol. The molecule has 1 aliphatic rings. The van der Waals surface area contributed by atoms with Crippen molar-refractivity contribution >= 4 is 0 Å². The molecule has 0 bridgehead atoms. The van der Waals surface area contributed by atoms with Crippen LogP contribution in [0.2, 0.25) is 0 Å².